The first-order valence-corrected chi connectivity index (χ1v) is 4.09. The summed E-state index contributed by atoms with van der Waals surface area (Å²) in [5, 5.41) is 17.5. The number of carbonyl (C=O) groups is 1. The summed E-state index contributed by atoms with van der Waals surface area (Å²) >= 11 is 0. The Hall–Kier alpha value is -2.08. The monoisotopic (exact) mass is 187 g/mol. The van der Waals surface area contributed by atoms with Gasteiger partial charge in [-0.2, -0.15) is 5.26 Å². The molecule has 14 heavy (non-hydrogen) atoms. The van der Waals surface area contributed by atoms with E-state index in [4.69, 9.17) is 5.26 Å². The minimum absolute atomic E-state index is 0.0302. The highest BCUT2D eigenvalue weighted by atomic mass is 16.3. The molecule has 0 unspecified atom stereocenters. The number of nitriles is 1. The van der Waals surface area contributed by atoms with Crippen LogP contribution in [0.25, 0.3) is 6.08 Å². The Morgan fingerprint density at radius 1 is 1.50 bits per heavy atom. The van der Waals surface area contributed by atoms with Gasteiger partial charge in [0.15, 0.2) is 6.29 Å². The second kappa shape index (κ2) is 4.83. The van der Waals surface area contributed by atoms with E-state index < -0.39 is 0 Å². The van der Waals surface area contributed by atoms with Crippen molar-refractivity contribution in [3.63, 3.8) is 0 Å². The summed E-state index contributed by atoms with van der Waals surface area (Å²) < 4.78 is 0. The van der Waals surface area contributed by atoms with Gasteiger partial charge in [-0.15, -0.1) is 0 Å². The number of nitrogens with zero attached hydrogens (tertiary/aromatic N) is 1. The van der Waals surface area contributed by atoms with Gasteiger partial charge >= 0.3 is 0 Å². The molecule has 3 heteroatoms. The summed E-state index contributed by atoms with van der Waals surface area (Å²) in [7, 11) is 0. The zero-order valence-electron chi connectivity index (χ0n) is 7.47. The highest BCUT2D eigenvalue weighted by molar-refractivity contribution is 5.80. The van der Waals surface area contributed by atoms with Crippen molar-refractivity contribution in [1.29, 1.82) is 5.26 Å². The number of carbonyl (C=O) groups excluding carboxylic acids is 1. The Kier molecular flexibility index (Phi) is 3.45. The molecule has 0 aliphatic carbocycles. The molecule has 70 valence electrons. The minimum atomic E-state index is -0.0302. The van der Waals surface area contributed by atoms with Gasteiger partial charge in [0.05, 0.1) is 18.1 Å². The normalized spacial score (nSPS) is 9.93. The van der Waals surface area contributed by atoms with Crippen LogP contribution in [0.2, 0.25) is 0 Å². The van der Waals surface area contributed by atoms with Gasteiger partial charge in [0.1, 0.15) is 5.75 Å². The predicted octanol–water partition coefficient (Wildman–Crippen LogP) is 2.13. The maximum atomic E-state index is 10.5. The Morgan fingerprint density at radius 2 is 2.29 bits per heavy atom. The largest absolute Gasteiger partial charge is 0.507 e. The van der Waals surface area contributed by atoms with Gasteiger partial charge in [0.2, 0.25) is 0 Å². The first kappa shape index (κ1) is 10.0. The number of phenolic OH excluding ortho intramolecular Hbond substituents is 1. The molecule has 0 aliphatic rings. The van der Waals surface area contributed by atoms with Crippen LogP contribution in [0.15, 0.2) is 24.3 Å². The van der Waals surface area contributed by atoms with Crippen LogP contribution in [0.5, 0.6) is 5.75 Å². The Bertz CT molecular complexity index is 402. The van der Waals surface area contributed by atoms with Crippen LogP contribution >= 0.6 is 0 Å². The number of phenols is 1. The van der Waals surface area contributed by atoms with Crippen LogP contribution in [0.1, 0.15) is 22.3 Å². The van der Waals surface area contributed by atoms with Crippen LogP contribution in [0, 0.1) is 11.3 Å². The molecule has 0 bridgehead atoms. The summed E-state index contributed by atoms with van der Waals surface area (Å²) in [6.07, 6.45) is 4.35. The van der Waals surface area contributed by atoms with E-state index in [-0.39, 0.29) is 11.3 Å². The number of aldehydes is 1. The lowest BCUT2D eigenvalue weighted by Crippen LogP contribution is -1.82. The fourth-order valence-electron chi connectivity index (χ4n) is 1.02. The molecule has 0 radical (unpaired) electrons. The van der Waals surface area contributed by atoms with Gasteiger partial charge in [0, 0.05) is 0 Å². The van der Waals surface area contributed by atoms with Crippen molar-refractivity contribution in [3.05, 3.63) is 35.4 Å². The maximum absolute atomic E-state index is 10.5. The van der Waals surface area contributed by atoms with E-state index >= 15 is 0 Å². The standard InChI is InChI=1S/C11H9NO2/c12-6-2-1-3-9-4-5-11(14)10(7-9)8-13/h1,3-5,7-8,14H,2H2. The smallest absolute Gasteiger partial charge is 0.153 e. The highest BCUT2D eigenvalue weighted by Gasteiger charge is 1.98. The van der Waals surface area contributed by atoms with Gasteiger partial charge in [-0.1, -0.05) is 18.2 Å². The third-order valence-corrected chi connectivity index (χ3v) is 1.70. The van der Waals surface area contributed by atoms with E-state index in [0.717, 1.165) is 5.56 Å². The zero-order valence-corrected chi connectivity index (χ0v) is 7.47. The molecule has 0 fully saturated rings. The first-order valence-electron chi connectivity index (χ1n) is 4.09. The molecule has 0 amide bonds. The molecule has 0 aliphatic heterocycles. The van der Waals surface area contributed by atoms with E-state index in [2.05, 4.69) is 0 Å². The van der Waals surface area contributed by atoms with Gasteiger partial charge < -0.3 is 5.11 Å². The lowest BCUT2D eigenvalue weighted by Gasteiger charge is -1.97. The van der Waals surface area contributed by atoms with Gasteiger partial charge in [-0.05, 0) is 17.7 Å². The third kappa shape index (κ3) is 2.46. The molecule has 1 aromatic carbocycles. The molecule has 1 rings (SSSR count). The molecular formula is C11H9NO2. The SMILES string of the molecule is N#CCC=Cc1ccc(O)c(C=O)c1. The fraction of sp³-hybridized carbons (Fsp3) is 0.0909. The van der Waals surface area contributed by atoms with Crippen molar-refractivity contribution >= 4 is 12.4 Å². The molecule has 0 aromatic heterocycles. The average Bonchev–Trinajstić information content (AvgIpc) is 2.21. The van der Waals surface area contributed by atoms with E-state index in [0.29, 0.717) is 12.7 Å². The lowest BCUT2D eigenvalue weighted by atomic mass is 10.1. The highest BCUT2D eigenvalue weighted by Crippen LogP contribution is 2.17. The van der Waals surface area contributed by atoms with Crippen molar-refractivity contribution in [2.45, 2.75) is 6.42 Å². The van der Waals surface area contributed by atoms with Crippen molar-refractivity contribution in [1.82, 2.24) is 0 Å². The fourth-order valence-corrected chi connectivity index (χ4v) is 1.02. The van der Waals surface area contributed by atoms with Gasteiger partial charge in [-0.3, -0.25) is 4.79 Å². The summed E-state index contributed by atoms with van der Waals surface area (Å²) in [5.74, 6) is -0.0302. The van der Waals surface area contributed by atoms with Crippen molar-refractivity contribution in [3.8, 4) is 11.8 Å². The summed E-state index contributed by atoms with van der Waals surface area (Å²) in [6, 6.07) is 6.67. The van der Waals surface area contributed by atoms with Gasteiger partial charge in [-0.25, -0.2) is 0 Å². The number of hydrogen-bond donors (Lipinski definition) is 1. The summed E-state index contributed by atoms with van der Waals surface area (Å²) in [4.78, 5) is 10.5. The van der Waals surface area contributed by atoms with E-state index in [1.165, 1.54) is 6.07 Å². The molecule has 0 atom stereocenters. The quantitative estimate of drug-likeness (QED) is 0.737. The van der Waals surface area contributed by atoms with E-state index in [1.807, 2.05) is 6.07 Å². The van der Waals surface area contributed by atoms with Crippen molar-refractivity contribution in [2.75, 3.05) is 0 Å². The average molecular weight is 187 g/mol. The number of rotatable bonds is 3. The summed E-state index contributed by atoms with van der Waals surface area (Å²) in [5.41, 5.74) is 1.05. The van der Waals surface area contributed by atoms with Crippen molar-refractivity contribution < 1.29 is 9.90 Å². The molecule has 1 N–H and O–H groups in total. The molecule has 0 spiro atoms. The Balaban J connectivity index is 2.90. The molecule has 0 saturated carbocycles. The summed E-state index contributed by atoms with van der Waals surface area (Å²) in [6.45, 7) is 0. The van der Waals surface area contributed by atoms with Crippen LogP contribution in [-0.4, -0.2) is 11.4 Å². The topological polar surface area (TPSA) is 61.1 Å². The van der Waals surface area contributed by atoms with Crippen LogP contribution < -0.4 is 0 Å². The Morgan fingerprint density at radius 3 is 2.93 bits per heavy atom. The van der Waals surface area contributed by atoms with Crippen molar-refractivity contribution in [2.24, 2.45) is 0 Å². The van der Waals surface area contributed by atoms with Crippen LogP contribution in [0.4, 0.5) is 0 Å². The number of hydrogen-bond acceptors (Lipinski definition) is 3. The molecule has 0 heterocycles. The molecular weight excluding hydrogens is 178 g/mol. The second-order valence-electron chi connectivity index (χ2n) is 2.70. The van der Waals surface area contributed by atoms with Crippen LogP contribution in [-0.2, 0) is 0 Å². The maximum Gasteiger partial charge on any atom is 0.153 e. The zero-order chi connectivity index (χ0) is 10.4. The molecule has 1 aromatic rings. The number of benzene rings is 1. The first-order chi connectivity index (χ1) is 6.77. The number of allylic oxidation sites excluding steroid dienone is 1. The predicted molar refractivity (Wildman–Crippen MR) is 52.8 cm³/mol. The van der Waals surface area contributed by atoms with Gasteiger partial charge in [0.25, 0.3) is 0 Å². The Labute approximate surface area is 81.9 Å². The second-order valence-corrected chi connectivity index (χ2v) is 2.70. The third-order valence-electron chi connectivity index (χ3n) is 1.70. The number of aromatic hydroxyl groups is 1. The molecule has 0 saturated heterocycles. The van der Waals surface area contributed by atoms with E-state index in [9.17, 15) is 9.90 Å². The minimum Gasteiger partial charge on any atom is -0.507 e. The van der Waals surface area contributed by atoms with E-state index in [1.54, 1.807) is 24.3 Å². The molecule has 3 nitrogen and oxygen atoms in total. The lowest BCUT2D eigenvalue weighted by molar-refractivity contribution is 0.112. The van der Waals surface area contributed by atoms with Crippen LogP contribution in [0.3, 0.4) is 0 Å².